The molecular formula is CH4CaO3. The van der Waals surface area contributed by atoms with Crippen LogP contribution in [0.1, 0.15) is 4.28 Å². The summed E-state index contributed by atoms with van der Waals surface area (Å²) >= 11 is 0. The maximum absolute atomic E-state index is 8.44. The molecule has 0 saturated heterocycles. The molecule has 0 atom stereocenters. The Morgan fingerprint density at radius 3 is 2.20 bits per heavy atom. The normalized spacial score (nSPS) is 4.80. The van der Waals surface area contributed by atoms with Gasteiger partial charge in [-0.15, -0.1) is 0 Å². The van der Waals surface area contributed by atoms with Gasteiger partial charge in [-0.25, -0.2) is 0 Å². The van der Waals surface area contributed by atoms with Crippen LogP contribution in [0.4, 0.5) is 4.79 Å². The fourth-order valence-electron chi connectivity index (χ4n) is 0. The van der Waals surface area contributed by atoms with Gasteiger partial charge in [0.05, 0.1) is 0 Å². The van der Waals surface area contributed by atoms with Gasteiger partial charge in [0.25, 0.3) is 0 Å². The van der Waals surface area contributed by atoms with Crippen LogP contribution >= 0.6 is 0 Å². The average Bonchev–Trinajstić information content (AvgIpc) is 0.811. The molecule has 0 aliphatic rings. The summed E-state index contributed by atoms with van der Waals surface area (Å²) in [5, 5.41) is 15.3. The SMILES string of the molecule is O=C([O-])O.[Ca+2].[H+].[H-].[H-]. The van der Waals surface area contributed by atoms with Gasteiger partial charge in [-0.3, -0.25) is 0 Å². The second-order valence-corrected chi connectivity index (χ2v) is 0.266. The molecule has 0 bridgehead atoms. The molecule has 0 heterocycles. The van der Waals surface area contributed by atoms with Crippen molar-refractivity contribution in [2.45, 2.75) is 0 Å². The summed E-state index contributed by atoms with van der Waals surface area (Å²) in [6.45, 7) is 0. The van der Waals surface area contributed by atoms with Crippen molar-refractivity contribution in [3.8, 4) is 0 Å². The Morgan fingerprint density at radius 1 is 2.20 bits per heavy atom. The minimum atomic E-state index is -2.08. The smallest absolute Gasteiger partial charge is 1.00 e. The van der Waals surface area contributed by atoms with Crippen LogP contribution in [-0.2, 0) is 0 Å². The van der Waals surface area contributed by atoms with Gasteiger partial charge in [0.1, 0.15) is 0 Å². The van der Waals surface area contributed by atoms with E-state index in [1.165, 1.54) is 0 Å². The van der Waals surface area contributed by atoms with Crippen molar-refractivity contribution in [3.05, 3.63) is 0 Å². The second-order valence-electron chi connectivity index (χ2n) is 0.266. The third kappa shape index (κ3) is 103. The molecule has 5 heavy (non-hydrogen) atoms. The molecule has 0 aromatic rings. The molecule has 0 fully saturated rings. The predicted octanol–water partition coefficient (Wildman–Crippen LogP) is -1.16. The summed E-state index contributed by atoms with van der Waals surface area (Å²) in [7, 11) is 0. The zero-order chi connectivity index (χ0) is 3.58. The molecule has 0 aliphatic heterocycles. The Bertz CT molecular complexity index is 37.5. The summed E-state index contributed by atoms with van der Waals surface area (Å²) in [6.07, 6.45) is -2.08. The molecule has 0 saturated carbocycles. The van der Waals surface area contributed by atoms with Crippen molar-refractivity contribution in [2.75, 3.05) is 0 Å². The summed E-state index contributed by atoms with van der Waals surface area (Å²) in [6, 6.07) is 0. The number of rotatable bonds is 0. The minimum absolute atomic E-state index is 0. The van der Waals surface area contributed by atoms with E-state index in [0.29, 0.717) is 0 Å². The van der Waals surface area contributed by atoms with Crippen molar-refractivity contribution in [1.82, 2.24) is 0 Å². The Hall–Kier alpha value is 0.530. The van der Waals surface area contributed by atoms with E-state index in [1.54, 1.807) is 0 Å². The standard InChI is InChI=1S/CH2O3.Ca.2H/c2-1(3)4;;;/h(H2,2,3,4);;;/q;+2;2*-1. The topological polar surface area (TPSA) is 60.4 Å². The molecule has 0 aromatic heterocycles. The van der Waals surface area contributed by atoms with Crippen LogP contribution in [0.5, 0.6) is 0 Å². The van der Waals surface area contributed by atoms with Crippen molar-refractivity contribution in [2.24, 2.45) is 0 Å². The molecule has 4 heteroatoms. The number of carboxylic acid groups (broad SMARTS) is 2. The van der Waals surface area contributed by atoms with Gasteiger partial charge in [-0.2, -0.15) is 0 Å². The molecule has 0 rings (SSSR count). The first-order chi connectivity index (χ1) is 1.73. The largest absolute Gasteiger partial charge is 2.00 e. The summed E-state index contributed by atoms with van der Waals surface area (Å²) in [4.78, 5) is 8.44. The van der Waals surface area contributed by atoms with Crippen molar-refractivity contribution in [1.29, 1.82) is 0 Å². The molecule has 0 amide bonds. The van der Waals surface area contributed by atoms with Crippen molar-refractivity contribution in [3.63, 3.8) is 0 Å². The van der Waals surface area contributed by atoms with Crippen LogP contribution in [0.15, 0.2) is 0 Å². The molecule has 0 unspecified atom stereocenters. The van der Waals surface area contributed by atoms with Gasteiger partial charge < -0.3 is 17.9 Å². The van der Waals surface area contributed by atoms with Crippen LogP contribution < -0.4 is 5.11 Å². The fraction of sp³-hybridized carbons (Fsp3) is 0. The number of hydrogen-bond acceptors (Lipinski definition) is 2. The predicted molar refractivity (Wildman–Crippen MR) is 17.1 cm³/mol. The average molecular weight is 104 g/mol. The van der Waals surface area contributed by atoms with Crippen LogP contribution in [0, 0.1) is 0 Å². The Labute approximate surface area is 63.1 Å². The summed E-state index contributed by atoms with van der Waals surface area (Å²) < 4.78 is 0. The van der Waals surface area contributed by atoms with Crippen molar-refractivity contribution < 1.29 is 19.3 Å². The van der Waals surface area contributed by atoms with E-state index >= 15 is 0 Å². The van der Waals surface area contributed by atoms with Crippen LogP contribution in [-0.4, -0.2) is 49.0 Å². The molecular weight excluding hydrogens is 100 g/mol. The van der Waals surface area contributed by atoms with Crippen LogP contribution in [0.2, 0.25) is 0 Å². The zero-order valence-corrected chi connectivity index (χ0v) is 4.68. The quantitative estimate of drug-likeness (QED) is 0.394. The van der Waals surface area contributed by atoms with Gasteiger partial charge >= 0.3 is 39.2 Å². The van der Waals surface area contributed by atoms with Gasteiger partial charge in [0, 0.05) is 0 Å². The molecule has 0 aliphatic carbocycles. The molecule has 0 spiro atoms. The second kappa shape index (κ2) is 4.53. The first-order valence-electron chi connectivity index (χ1n) is 0.632. The third-order valence-corrected chi connectivity index (χ3v) is 0. The van der Waals surface area contributed by atoms with Crippen LogP contribution in [0.25, 0.3) is 0 Å². The van der Waals surface area contributed by atoms with Gasteiger partial charge in [-0.05, 0) is 0 Å². The van der Waals surface area contributed by atoms with E-state index in [0.717, 1.165) is 0 Å². The third-order valence-electron chi connectivity index (χ3n) is 0. The summed E-state index contributed by atoms with van der Waals surface area (Å²) in [5.74, 6) is 0. The number of hydrogen-bond donors (Lipinski definition) is 1. The van der Waals surface area contributed by atoms with E-state index in [1.807, 2.05) is 0 Å². The Morgan fingerprint density at radius 2 is 2.20 bits per heavy atom. The molecule has 3 nitrogen and oxygen atoms in total. The fourth-order valence-corrected chi connectivity index (χ4v) is 0. The van der Waals surface area contributed by atoms with E-state index in [9.17, 15) is 0 Å². The monoisotopic (exact) mass is 104 g/mol. The van der Waals surface area contributed by atoms with Gasteiger partial charge in [0.2, 0.25) is 6.16 Å². The zero-order valence-electron chi connectivity index (χ0n) is 5.47. The molecule has 0 radical (unpaired) electrons. The Balaban J connectivity index is -0.00000000750. The maximum Gasteiger partial charge on any atom is 2.00 e. The van der Waals surface area contributed by atoms with Gasteiger partial charge in [-0.1, -0.05) is 0 Å². The molecule has 28 valence electrons. The van der Waals surface area contributed by atoms with Crippen molar-refractivity contribution >= 4 is 43.9 Å². The van der Waals surface area contributed by atoms with Gasteiger partial charge in [0.15, 0.2) is 0 Å². The maximum atomic E-state index is 8.44. The van der Waals surface area contributed by atoms with E-state index in [4.69, 9.17) is 15.0 Å². The van der Waals surface area contributed by atoms with Crippen LogP contribution in [0.3, 0.4) is 0 Å². The number of carbonyl (C=O) groups is 1. The summed E-state index contributed by atoms with van der Waals surface area (Å²) in [5.41, 5.74) is 0. The Kier molecular flexibility index (Phi) is 8.25. The molecule has 0 aromatic carbocycles. The minimum Gasteiger partial charge on any atom is -1.00 e. The van der Waals surface area contributed by atoms with E-state index < -0.39 is 6.16 Å². The van der Waals surface area contributed by atoms with E-state index in [-0.39, 0.29) is 42.0 Å². The first kappa shape index (κ1) is 9.11. The van der Waals surface area contributed by atoms with E-state index in [2.05, 4.69) is 0 Å². The molecule has 1 N–H and O–H groups in total. The first-order valence-corrected chi connectivity index (χ1v) is 0.632.